The quantitative estimate of drug-likeness (QED) is 0.254. The molecule has 11 heteroatoms. The number of carbonyl (C=O) groups excluding carboxylic acids is 2. The van der Waals surface area contributed by atoms with Gasteiger partial charge in [-0.1, -0.05) is 23.2 Å². The molecule has 0 aliphatic carbocycles. The van der Waals surface area contributed by atoms with Crippen molar-refractivity contribution in [1.82, 2.24) is 5.32 Å². The summed E-state index contributed by atoms with van der Waals surface area (Å²) in [6.07, 6.45) is 1.41. The van der Waals surface area contributed by atoms with E-state index in [2.05, 4.69) is 16.0 Å². The number of nitrogens with one attached hydrogen (secondary N) is 3. The van der Waals surface area contributed by atoms with Gasteiger partial charge in [0.2, 0.25) is 0 Å². The van der Waals surface area contributed by atoms with Crippen molar-refractivity contribution in [3.8, 4) is 17.1 Å². The molecule has 0 aliphatic heterocycles. The summed E-state index contributed by atoms with van der Waals surface area (Å²) in [6.45, 7) is 0. The number of rotatable bonds is 6. The average Bonchev–Trinajstić information content (AvgIpc) is 3.52. The van der Waals surface area contributed by atoms with Crippen LogP contribution in [0.25, 0.3) is 11.3 Å². The number of carbonyl (C=O) groups is 2. The molecule has 0 bridgehead atoms. The van der Waals surface area contributed by atoms with Gasteiger partial charge in [0, 0.05) is 16.3 Å². The van der Waals surface area contributed by atoms with E-state index in [1.807, 2.05) is 0 Å². The monoisotopic (exact) mass is 529 g/mol. The first-order valence-electron chi connectivity index (χ1n) is 10.0. The van der Waals surface area contributed by atoms with E-state index in [1.165, 1.54) is 19.4 Å². The first-order chi connectivity index (χ1) is 16.8. The summed E-state index contributed by atoms with van der Waals surface area (Å²) in [6, 6.07) is 16.1. The van der Waals surface area contributed by atoms with Crippen LogP contribution in [-0.4, -0.2) is 24.0 Å². The SMILES string of the molecule is COc1ccc(NC(=O)c2ccco2)cc1NC(=S)NC(=O)c1ccc(-c2ccc(Cl)cc2Cl)o1. The molecule has 2 aromatic heterocycles. The standard InChI is InChI=1S/C24H17Cl2N3O5S/c1-32-19-7-5-14(27-22(30)20-3-2-10-33-20)12-17(19)28-24(35)29-23(31)21-9-8-18(34-21)15-6-4-13(25)11-16(15)26/h2-12H,1H3,(H,27,30)(H2,28,29,31,35). The van der Waals surface area contributed by atoms with Gasteiger partial charge in [-0.3, -0.25) is 14.9 Å². The van der Waals surface area contributed by atoms with Crippen LogP contribution in [0.3, 0.4) is 0 Å². The molecule has 4 aromatic rings. The molecular formula is C24H17Cl2N3O5S. The lowest BCUT2D eigenvalue weighted by Gasteiger charge is -2.14. The number of ether oxygens (including phenoxy) is 1. The Morgan fingerprint density at radius 2 is 1.77 bits per heavy atom. The minimum Gasteiger partial charge on any atom is -0.495 e. The largest absolute Gasteiger partial charge is 0.495 e. The molecule has 8 nitrogen and oxygen atoms in total. The maximum Gasteiger partial charge on any atom is 0.293 e. The Morgan fingerprint density at radius 3 is 2.49 bits per heavy atom. The van der Waals surface area contributed by atoms with Crippen molar-refractivity contribution in [1.29, 1.82) is 0 Å². The molecule has 2 amide bonds. The fraction of sp³-hybridized carbons (Fsp3) is 0.0417. The van der Waals surface area contributed by atoms with E-state index in [0.717, 1.165) is 0 Å². The molecule has 0 saturated carbocycles. The van der Waals surface area contributed by atoms with Crippen LogP contribution in [0.15, 0.2) is 75.8 Å². The van der Waals surface area contributed by atoms with Gasteiger partial charge < -0.3 is 24.2 Å². The maximum absolute atomic E-state index is 12.6. The van der Waals surface area contributed by atoms with Crippen molar-refractivity contribution in [3.05, 3.63) is 88.5 Å². The van der Waals surface area contributed by atoms with Gasteiger partial charge in [-0.2, -0.15) is 0 Å². The number of hydrogen-bond donors (Lipinski definition) is 3. The number of hydrogen-bond acceptors (Lipinski definition) is 6. The minimum atomic E-state index is -0.569. The fourth-order valence-corrected chi connectivity index (χ4v) is 3.80. The number of anilines is 2. The second kappa shape index (κ2) is 10.6. The van der Waals surface area contributed by atoms with Crippen LogP contribution in [-0.2, 0) is 0 Å². The molecule has 2 heterocycles. The van der Waals surface area contributed by atoms with Crippen molar-refractivity contribution >= 4 is 63.7 Å². The first-order valence-corrected chi connectivity index (χ1v) is 11.2. The molecule has 3 N–H and O–H groups in total. The maximum atomic E-state index is 12.6. The van der Waals surface area contributed by atoms with Crippen molar-refractivity contribution in [2.75, 3.05) is 17.7 Å². The molecule has 178 valence electrons. The second-order valence-corrected chi connectivity index (χ2v) is 8.29. The summed E-state index contributed by atoms with van der Waals surface area (Å²) >= 11 is 17.4. The molecule has 0 radical (unpaired) electrons. The minimum absolute atomic E-state index is 0.00899. The van der Waals surface area contributed by atoms with E-state index >= 15 is 0 Å². The van der Waals surface area contributed by atoms with Gasteiger partial charge in [-0.25, -0.2) is 0 Å². The lowest BCUT2D eigenvalue weighted by Crippen LogP contribution is -2.34. The number of benzene rings is 2. The summed E-state index contributed by atoms with van der Waals surface area (Å²) in [5.41, 5.74) is 1.47. The van der Waals surface area contributed by atoms with Crippen molar-refractivity contribution < 1.29 is 23.2 Å². The molecule has 0 atom stereocenters. The molecule has 0 saturated heterocycles. The average molecular weight is 530 g/mol. The predicted octanol–water partition coefficient (Wildman–Crippen LogP) is 6.23. The molecule has 35 heavy (non-hydrogen) atoms. The number of amides is 2. The summed E-state index contributed by atoms with van der Waals surface area (Å²) in [7, 11) is 1.48. The zero-order valence-electron chi connectivity index (χ0n) is 18.1. The van der Waals surface area contributed by atoms with Gasteiger partial charge >= 0.3 is 0 Å². The number of halogens is 2. The van der Waals surface area contributed by atoms with E-state index in [4.69, 9.17) is 49.0 Å². The van der Waals surface area contributed by atoms with Crippen LogP contribution in [0.4, 0.5) is 11.4 Å². The van der Waals surface area contributed by atoms with Crippen molar-refractivity contribution in [2.24, 2.45) is 0 Å². The highest BCUT2D eigenvalue weighted by Crippen LogP contribution is 2.32. The smallest absolute Gasteiger partial charge is 0.293 e. The van der Waals surface area contributed by atoms with Crippen molar-refractivity contribution in [2.45, 2.75) is 0 Å². The lowest BCUT2D eigenvalue weighted by molar-refractivity contribution is 0.0950. The van der Waals surface area contributed by atoms with E-state index in [-0.39, 0.29) is 16.6 Å². The Kier molecular flexibility index (Phi) is 7.40. The van der Waals surface area contributed by atoms with Gasteiger partial charge in [0.05, 0.1) is 24.1 Å². The number of thiocarbonyl (C=S) groups is 1. The highest BCUT2D eigenvalue weighted by molar-refractivity contribution is 7.80. The lowest BCUT2D eigenvalue weighted by atomic mass is 10.2. The van der Waals surface area contributed by atoms with E-state index in [9.17, 15) is 9.59 Å². The molecule has 2 aromatic carbocycles. The van der Waals surface area contributed by atoms with Crippen LogP contribution in [0.5, 0.6) is 5.75 Å². The van der Waals surface area contributed by atoms with E-state index in [0.29, 0.717) is 38.5 Å². The normalized spacial score (nSPS) is 10.5. The van der Waals surface area contributed by atoms with Gasteiger partial charge in [-0.05, 0) is 72.9 Å². The van der Waals surface area contributed by atoms with E-state index < -0.39 is 11.8 Å². The topological polar surface area (TPSA) is 106 Å². The second-order valence-electron chi connectivity index (χ2n) is 7.04. The Bertz CT molecular complexity index is 1400. The molecule has 4 rings (SSSR count). The third-order valence-electron chi connectivity index (χ3n) is 4.70. The summed E-state index contributed by atoms with van der Waals surface area (Å²) in [5.74, 6) is 0.0431. The van der Waals surface area contributed by atoms with E-state index in [1.54, 1.807) is 54.6 Å². The highest BCUT2D eigenvalue weighted by atomic mass is 35.5. The molecule has 0 unspecified atom stereocenters. The Hall–Kier alpha value is -3.79. The zero-order valence-corrected chi connectivity index (χ0v) is 20.4. The van der Waals surface area contributed by atoms with Gasteiger partial charge in [0.15, 0.2) is 16.6 Å². The summed E-state index contributed by atoms with van der Waals surface area (Å²) < 4.78 is 16.1. The Morgan fingerprint density at radius 1 is 0.943 bits per heavy atom. The Balaban J connectivity index is 1.43. The Labute approximate surface area is 215 Å². The first kappa shape index (κ1) is 24.3. The zero-order chi connectivity index (χ0) is 24.9. The molecular weight excluding hydrogens is 513 g/mol. The molecule has 0 aliphatic rings. The molecule has 0 fully saturated rings. The third kappa shape index (κ3) is 5.83. The van der Waals surface area contributed by atoms with Crippen molar-refractivity contribution in [3.63, 3.8) is 0 Å². The third-order valence-corrected chi connectivity index (χ3v) is 5.46. The van der Waals surface area contributed by atoms with Crippen LogP contribution >= 0.6 is 35.4 Å². The van der Waals surface area contributed by atoms with Gasteiger partial charge in [0.25, 0.3) is 11.8 Å². The summed E-state index contributed by atoms with van der Waals surface area (Å²) in [4.78, 5) is 24.9. The van der Waals surface area contributed by atoms with Gasteiger partial charge in [0.1, 0.15) is 11.5 Å². The highest BCUT2D eigenvalue weighted by Gasteiger charge is 2.17. The number of furan rings is 2. The fourth-order valence-electron chi connectivity index (χ4n) is 3.10. The van der Waals surface area contributed by atoms with Gasteiger partial charge in [-0.15, -0.1) is 0 Å². The predicted molar refractivity (Wildman–Crippen MR) is 138 cm³/mol. The van der Waals surface area contributed by atoms with Crippen LogP contribution in [0.2, 0.25) is 10.0 Å². The number of methoxy groups -OCH3 is 1. The van der Waals surface area contributed by atoms with Crippen LogP contribution in [0, 0.1) is 0 Å². The summed E-state index contributed by atoms with van der Waals surface area (Å²) in [5, 5.41) is 9.01. The van der Waals surface area contributed by atoms with Crippen LogP contribution < -0.4 is 20.7 Å². The molecule has 0 spiro atoms. The van der Waals surface area contributed by atoms with Crippen LogP contribution in [0.1, 0.15) is 21.1 Å².